The number of nitrogens with one attached hydrogen (secondary N) is 1. The van der Waals surface area contributed by atoms with Crippen molar-refractivity contribution in [3.05, 3.63) is 53.7 Å². The number of nitrogens with zero attached hydrogens (tertiary/aromatic N) is 1. The molecule has 3 rings (SSSR count). The molecular formula is C18H24N2O. The van der Waals surface area contributed by atoms with Gasteiger partial charge in [-0.2, -0.15) is 0 Å². The van der Waals surface area contributed by atoms with E-state index in [9.17, 15) is 0 Å². The molecule has 2 atom stereocenters. The fourth-order valence-electron chi connectivity index (χ4n) is 2.73. The topological polar surface area (TPSA) is 38.1 Å². The zero-order valence-corrected chi connectivity index (χ0v) is 13.1. The van der Waals surface area contributed by atoms with Crippen LogP contribution < -0.4 is 5.32 Å². The Bertz CT molecular complexity index is 583. The second kappa shape index (κ2) is 5.64. The Balaban J connectivity index is 1.55. The Labute approximate surface area is 126 Å². The molecule has 1 aromatic heterocycles. The average Bonchev–Trinajstić information content (AvgIpc) is 3.11. The summed E-state index contributed by atoms with van der Waals surface area (Å²) < 4.78 is 5.92. The maximum Gasteiger partial charge on any atom is 0.195 e. The van der Waals surface area contributed by atoms with Crippen LogP contribution in [0.1, 0.15) is 56.2 Å². The van der Waals surface area contributed by atoms with Gasteiger partial charge in [-0.1, -0.05) is 30.3 Å². The average molecular weight is 284 g/mol. The lowest BCUT2D eigenvalue weighted by Gasteiger charge is -2.19. The van der Waals surface area contributed by atoms with Gasteiger partial charge in [-0.05, 0) is 38.7 Å². The van der Waals surface area contributed by atoms with Crippen LogP contribution in [0.4, 0.5) is 0 Å². The normalized spacial score (nSPS) is 21.5. The summed E-state index contributed by atoms with van der Waals surface area (Å²) in [6.45, 7) is 7.41. The predicted molar refractivity (Wildman–Crippen MR) is 84.5 cm³/mol. The summed E-state index contributed by atoms with van der Waals surface area (Å²) in [6, 6.07) is 10.7. The molecule has 3 heteroatoms. The zero-order chi connectivity index (χ0) is 14.9. The molecule has 1 saturated carbocycles. The smallest absolute Gasteiger partial charge is 0.195 e. The van der Waals surface area contributed by atoms with Gasteiger partial charge in [0.25, 0.3) is 0 Å². The highest BCUT2D eigenvalue weighted by Gasteiger charge is 2.42. The third kappa shape index (κ3) is 3.73. The van der Waals surface area contributed by atoms with E-state index in [4.69, 9.17) is 4.42 Å². The maximum atomic E-state index is 5.92. The molecule has 0 saturated heterocycles. The summed E-state index contributed by atoms with van der Waals surface area (Å²) >= 11 is 0. The summed E-state index contributed by atoms with van der Waals surface area (Å²) in [7, 11) is 0. The fourth-order valence-corrected chi connectivity index (χ4v) is 2.73. The maximum absolute atomic E-state index is 5.92. The first kappa shape index (κ1) is 14.3. The number of aromatic nitrogens is 1. The van der Waals surface area contributed by atoms with Gasteiger partial charge in [0.1, 0.15) is 5.76 Å². The van der Waals surface area contributed by atoms with Gasteiger partial charge in [0.05, 0.1) is 6.20 Å². The van der Waals surface area contributed by atoms with Crippen LogP contribution in [-0.4, -0.2) is 17.1 Å². The lowest BCUT2D eigenvalue weighted by Crippen LogP contribution is -2.37. The third-order valence-electron chi connectivity index (χ3n) is 3.95. The second-order valence-corrected chi connectivity index (χ2v) is 6.94. The summed E-state index contributed by atoms with van der Waals surface area (Å²) in [5.41, 5.74) is 1.56. The molecule has 21 heavy (non-hydrogen) atoms. The summed E-state index contributed by atoms with van der Waals surface area (Å²) in [5.74, 6) is 3.03. The fraction of sp³-hybridized carbons (Fsp3) is 0.500. The minimum absolute atomic E-state index is 0.143. The standard InChI is InChI=1S/C18H24N2O/c1-18(2,3)20-10-9-17-19-12-16(21-17)15-11-14(15)13-7-5-4-6-8-13/h4-8,12,14-15,20H,9-11H2,1-3H3. The lowest BCUT2D eigenvalue weighted by molar-refractivity contribution is 0.401. The van der Waals surface area contributed by atoms with Crippen molar-refractivity contribution in [3.8, 4) is 0 Å². The molecule has 1 aliphatic carbocycles. The van der Waals surface area contributed by atoms with E-state index in [0.29, 0.717) is 11.8 Å². The Morgan fingerprint density at radius 3 is 2.67 bits per heavy atom. The van der Waals surface area contributed by atoms with Gasteiger partial charge < -0.3 is 9.73 Å². The predicted octanol–water partition coefficient (Wildman–Crippen LogP) is 3.88. The molecule has 1 aliphatic rings. The number of hydrogen-bond donors (Lipinski definition) is 1. The number of rotatable bonds is 5. The molecule has 1 aromatic carbocycles. The van der Waals surface area contributed by atoms with Crippen molar-refractivity contribution < 1.29 is 4.42 Å². The largest absolute Gasteiger partial charge is 0.445 e. The highest BCUT2D eigenvalue weighted by atomic mass is 16.4. The SMILES string of the molecule is CC(C)(C)NCCc1ncc(C2CC2c2ccccc2)o1. The van der Waals surface area contributed by atoms with Crippen LogP contribution in [0.2, 0.25) is 0 Å². The van der Waals surface area contributed by atoms with Crippen LogP contribution in [0.15, 0.2) is 40.9 Å². The monoisotopic (exact) mass is 284 g/mol. The van der Waals surface area contributed by atoms with Crippen LogP contribution in [0.5, 0.6) is 0 Å². The molecular weight excluding hydrogens is 260 g/mol. The molecule has 2 aromatic rings. The van der Waals surface area contributed by atoms with Crippen LogP contribution in [0, 0.1) is 0 Å². The van der Waals surface area contributed by atoms with Gasteiger partial charge in [-0.25, -0.2) is 4.98 Å². The number of oxazole rings is 1. The minimum Gasteiger partial charge on any atom is -0.445 e. The molecule has 0 aliphatic heterocycles. The molecule has 0 amide bonds. The Morgan fingerprint density at radius 1 is 1.19 bits per heavy atom. The van der Waals surface area contributed by atoms with Gasteiger partial charge in [0.2, 0.25) is 0 Å². The van der Waals surface area contributed by atoms with E-state index in [2.05, 4.69) is 61.4 Å². The van der Waals surface area contributed by atoms with Crippen molar-refractivity contribution in [1.82, 2.24) is 10.3 Å². The van der Waals surface area contributed by atoms with E-state index in [1.807, 2.05) is 6.20 Å². The van der Waals surface area contributed by atoms with E-state index in [1.54, 1.807) is 0 Å². The van der Waals surface area contributed by atoms with E-state index in [-0.39, 0.29) is 5.54 Å². The third-order valence-corrected chi connectivity index (χ3v) is 3.95. The first-order valence-corrected chi connectivity index (χ1v) is 7.77. The highest BCUT2D eigenvalue weighted by Crippen LogP contribution is 2.54. The van der Waals surface area contributed by atoms with Crippen LogP contribution in [0.25, 0.3) is 0 Å². The summed E-state index contributed by atoms with van der Waals surface area (Å²) in [5, 5.41) is 3.46. The first-order valence-electron chi connectivity index (χ1n) is 7.77. The molecule has 3 nitrogen and oxygen atoms in total. The van der Waals surface area contributed by atoms with Crippen LogP contribution in [-0.2, 0) is 6.42 Å². The molecule has 1 N–H and O–H groups in total. The number of benzene rings is 1. The van der Waals surface area contributed by atoms with Crippen molar-refractivity contribution in [2.45, 2.75) is 51.0 Å². The molecule has 0 radical (unpaired) electrons. The Morgan fingerprint density at radius 2 is 1.95 bits per heavy atom. The highest BCUT2D eigenvalue weighted by molar-refractivity contribution is 5.31. The van der Waals surface area contributed by atoms with Crippen LogP contribution in [0.3, 0.4) is 0 Å². The van der Waals surface area contributed by atoms with E-state index >= 15 is 0 Å². The Hall–Kier alpha value is -1.61. The Kier molecular flexibility index (Phi) is 3.85. The van der Waals surface area contributed by atoms with E-state index in [1.165, 1.54) is 12.0 Å². The molecule has 1 fully saturated rings. The zero-order valence-electron chi connectivity index (χ0n) is 13.1. The quantitative estimate of drug-likeness (QED) is 0.905. The first-order chi connectivity index (χ1) is 10.0. The molecule has 2 unspecified atom stereocenters. The minimum atomic E-state index is 0.143. The van der Waals surface area contributed by atoms with E-state index in [0.717, 1.165) is 24.6 Å². The molecule has 1 heterocycles. The van der Waals surface area contributed by atoms with E-state index < -0.39 is 0 Å². The molecule has 112 valence electrons. The van der Waals surface area contributed by atoms with Crippen molar-refractivity contribution in [3.63, 3.8) is 0 Å². The van der Waals surface area contributed by atoms with Crippen molar-refractivity contribution in [1.29, 1.82) is 0 Å². The van der Waals surface area contributed by atoms with Crippen LogP contribution >= 0.6 is 0 Å². The van der Waals surface area contributed by atoms with Crippen molar-refractivity contribution >= 4 is 0 Å². The molecule has 0 bridgehead atoms. The van der Waals surface area contributed by atoms with Gasteiger partial charge in [0, 0.05) is 24.4 Å². The van der Waals surface area contributed by atoms with Gasteiger partial charge in [0.15, 0.2) is 5.89 Å². The second-order valence-electron chi connectivity index (χ2n) is 6.94. The van der Waals surface area contributed by atoms with Crippen molar-refractivity contribution in [2.24, 2.45) is 0 Å². The summed E-state index contributed by atoms with van der Waals surface area (Å²) in [6.07, 6.45) is 3.94. The molecule has 0 spiro atoms. The van der Waals surface area contributed by atoms with Gasteiger partial charge >= 0.3 is 0 Å². The van der Waals surface area contributed by atoms with Crippen molar-refractivity contribution in [2.75, 3.05) is 6.54 Å². The number of hydrogen-bond acceptors (Lipinski definition) is 3. The van der Waals surface area contributed by atoms with Gasteiger partial charge in [-0.3, -0.25) is 0 Å². The summed E-state index contributed by atoms with van der Waals surface area (Å²) in [4.78, 5) is 4.42. The van der Waals surface area contributed by atoms with Gasteiger partial charge in [-0.15, -0.1) is 0 Å². The lowest BCUT2D eigenvalue weighted by atomic mass is 10.1.